The minimum Gasteiger partial charge on any atom is -0.465 e. The van der Waals surface area contributed by atoms with E-state index in [-0.39, 0.29) is 26.9 Å². The second-order valence-corrected chi connectivity index (χ2v) is 10.3. The highest BCUT2D eigenvalue weighted by Gasteiger charge is 2.37. The van der Waals surface area contributed by atoms with Crippen LogP contribution in [0, 0.1) is 5.92 Å². The highest BCUT2D eigenvalue weighted by Crippen LogP contribution is 2.41. The molecule has 1 amide bonds. The highest BCUT2D eigenvalue weighted by atomic mass is 35.5. The van der Waals surface area contributed by atoms with Crippen molar-refractivity contribution in [3.8, 4) is 11.3 Å². The number of amides is 1. The Kier molecular flexibility index (Phi) is 6.45. The summed E-state index contributed by atoms with van der Waals surface area (Å²) in [5.41, 5.74) is -0.341. The van der Waals surface area contributed by atoms with Gasteiger partial charge in [0.15, 0.2) is 17.0 Å². The average Bonchev–Trinajstić information content (AvgIpc) is 3.39. The van der Waals surface area contributed by atoms with E-state index in [1.807, 2.05) is 0 Å². The Morgan fingerprint density at radius 2 is 1.97 bits per heavy atom. The van der Waals surface area contributed by atoms with Crippen molar-refractivity contribution in [1.29, 1.82) is 0 Å². The predicted molar refractivity (Wildman–Crippen MR) is 133 cm³/mol. The minimum atomic E-state index is -4.80. The zero-order chi connectivity index (χ0) is 26.5. The van der Waals surface area contributed by atoms with E-state index < -0.39 is 29.4 Å². The van der Waals surface area contributed by atoms with E-state index in [0.29, 0.717) is 22.4 Å². The van der Waals surface area contributed by atoms with Crippen LogP contribution in [-0.4, -0.2) is 33.6 Å². The number of hydrogen-bond donors (Lipinski definition) is 1. The van der Waals surface area contributed by atoms with Gasteiger partial charge in [-0.2, -0.15) is 18.3 Å². The van der Waals surface area contributed by atoms with Crippen LogP contribution in [0.5, 0.6) is 0 Å². The van der Waals surface area contributed by atoms with Crippen LogP contribution in [0.25, 0.3) is 16.9 Å². The lowest BCUT2D eigenvalue weighted by Gasteiger charge is -2.18. The van der Waals surface area contributed by atoms with Crippen LogP contribution in [-0.2, 0) is 23.8 Å². The summed E-state index contributed by atoms with van der Waals surface area (Å²) in [7, 11) is 1.25. The molecule has 1 aromatic carbocycles. The number of thiophene rings is 1. The van der Waals surface area contributed by atoms with E-state index in [4.69, 9.17) is 16.3 Å². The number of esters is 1. The molecule has 37 heavy (non-hydrogen) atoms. The number of nitrogens with zero attached hydrogens (tertiary/aromatic N) is 3. The molecular formula is C25H20ClF3N4O3S. The van der Waals surface area contributed by atoms with Gasteiger partial charge in [0.1, 0.15) is 10.0 Å². The van der Waals surface area contributed by atoms with Crippen molar-refractivity contribution < 1.29 is 27.5 Å². The highest BCUT2D eigenvalue weighted by molar-refractivity contribution is 7.17. The first kappa shape index (κ1) is 25.2. The fourth-order valence-electron chi connectivity index (χ4n) is 4.41. The molecule has 3 aromatic heterocycles. The normalized spacial score (nSPS) is 15.5. The van der Waals surface area contributed by atoms with Gasteiger partial charge in [0.25, 0.3) is 5.91 Å². The number of rotatable bonds is 4. The van der Waals surface area contributed by atoms with Crippen LogP contribution >= 0.6 is 22.9 Å². The summed E-state index contributed by atoms with van der Waals surface area (Å²) in [6, 6.07) is 9.16. The molecule has 1 atom stereocenters. The molecule has 1 N–H and O–H groups in total. The van der Waals surface area contributed by atoms with Crippen LogP contribution in [0.1, 0.15) is 50.3 Å². The van der Waals surface area contributed by atoms with E-state index in [0.717, 1.165) is 29.3 Å². The fraction of sp³-hybridized carbons (Fsp3) is 0.280. The topological polar surface area (TPSA) is 85.6 Å². The lowest BCUT2D eigenvalue weighted by atomic mass is 9.88. The van der Waals surface area contributed by atoms with E-state index in [1.54, 1.807) is 30.3 Å². The molecule has 192 valence electrons. The molecule has 0 bridgehead atoms. The summed E-state index contributed by atoms with van der Waals surface area (Å²) in [6.07, 6.45) is -2.51. The van der Waals surface area contributed by atoms with Crippen LogP contribution < -0.4 is 5.32 Å². The summed E-state index contributed by atoms with van der Waals surface area (Å²) in [5.74, 6) is -1.04. The van der Waals surface area contributed by atoms with E-state index in [1.165, 1.54) is 18.4 Å². The number of benzene rings is 1. The molecule has 0 saturated carbocycles. The number of aromatic nitrogens is 3. The smallest absolute Gasteiger partial charge is 0.433 e. The van der Waals surface area contributed by atoms with E-state index >= 15 is 0 Å². The molecule has 0 saturated heterocycles. The van der Waals surface area contributed by atoms with Crippen LogP contribution in [0.4, 0.5) is 18.2 Å². The number of halogens is 4. The zero-order valence-electron chi connectivity index (χ0n) is 19.6. The van der Waals surface area contributed by atoms with Gasteiger partial charge in [-0.15, -0.1) is 11.3 Å². The Morgan fingerprint density at radius 1 is 1.24 bits per heavy atom. The summed E-state index contributed by atoms with van der Waals surface area (Å²) >= 11 is 7.63. The number of ether oxygens (including phenoxy) is 1. The maximum Gasteiger partial charge on any atom is 0.433 e. The minimum absolute atomic E-state index is 0.0298. The third-order valence-corrected chi connectivity index (χ3v) is 7.75. The van der Waals surface area contributed by atoms with E-state index in [9.17, 15) is 22.8 Å². The number of carbonyl (C=O) groups is 2. The van der Waals surface area contributed by atoms with Crippen molar-refractivity contribution in [3.63, 3.8) is 0 Å². The van der Waals surface area contributed by atoms with Crippen molar-refractivity contribution in [2.45, 2.75) is 32.4 Å². The van der Waals surface area contributed by atoms with Gasteiger partial charge in [0.05, 0.1) is 18.4 Å². The Balaban J connectivity index is 1.59. The van der Waals surface area contributed by atoms with Gasteiger partial charge in [-0.3, -0.25) is 4.79 Å². The number of alkyl halides is 3. The molecule has 0 fully saturated rings. The largest absolute Gasteiger partial charge is 0.465 e. The van der Waals surface area contributed by atoms with Gasteiger partial charge in [-0.1, -0.05) is 48.9 Å². The third kappa shape index (κ3) is 4.57. The zero-order valence-corrected chi connectivity index (χ0v) is 21.2. The first-order valence-electron chi connectivity index (χ1n) is 11.3. The monoisotopic (exact) mass is 548 g/mol. The summed E-state index contributed by atoms with van der Waals surface area (Å²) in [6.45, 7) is 2.10. The first-order valence-corrected chi connectivity index (χ1v) is 12.5. The molecule has 0 aliphatic heterocycles. The summed E-state index contributed by atoms with van der Waals surface area (Å²) < 4.78 is 47.3. The predicted octanol–water partition coefficient (Wildman–Crippen LogP) is 6.29. The first-order chi connectivity index (χ1) is 17.6. The Hall–Kier alpha value is -3.44. The number of fused-ring (bicyclic) bond motifs is 2. The van der Waals surface area contributed by atoms with Crippen molar-refractivity contribution in [3.05, 3.63) is 68.8 Å². The second-order valence-electron chi connectivity index (χ2n) is 8.79. The molecule has 7 nitrogen and oxygen atoms in total. The lowest BCUT2D eigenvalue weighted by molar-refractivity contribution is -0.142. The standard InChI is InChI=1S/C25H20ClF3N4O3S/c1-12-8-9-14-16(10-12)37-23(18(14)24(35)36-2)31-22(34)20-19(26)21-30-15(13-6-4-3-5-7-13)11-17(25(27,28)29)33(21)32-20/h3-7,11-12H,8-10H2,1-2H3,(H,31,34)/t12-/m1/s1. The number of carbonyl (C=O) groups excluding carboxylic acids is 2. The molecule has 0 unspecified atom stereocenters. The maximum atomic E-state index is 14.0. The molecule has 0 radical (unpaired) electrons. The third-order valence-electron chi connectivity index (χ3n) is 6.24. The van der Waals surface area contributed by atoms with Crippen molar-refractivity contribution in [2.75, 3.05) is 12.4 Å². The average molecular weight is 549 g/mol. The van der Waals surface area contributed by atoms with Gasteiger partial charge in [0, 0.05) is 10.4 Å². The summed E-state index contributed by atoms with van der Waals surface area (Å²) in [5, 5.41) is 6.42. The van der Waals surface area contributed by atoms with Crippen molar-refractivity contribution in [1.82, 2.24) is 14.6 Å². The Labute approximate surface area is 218 Å². The van der Waals surface area contributed by atoms with Crippen LogP contribution in [0.2, 0.25) is 5.02 Å². The molecular weight excluding hydrogens is 529 g/mol. The molecule has 5 rings (SSSR count). The molecule has 1 aliphatic rings. The quantitative estimate of drug-likeness (QED) is 0.303. The lowest BCUT2D eigenvalue weighted by Crippen LogP contribution is -2.17. The number of hydrogen-bond acceptors (Lipinski definition) is 6. The van der Waals surface area contributed by atoms with Gasteiger partial charge < -0.3 is 10.1 Å². The molecule has 0 spiro atoms. The van der Waals surface area contributed by atoms with Crippen molar-refractivity contribution in [2.24, 2.45) is 5.92 Å². The van der Waals surface area contributed by atoms with Gasteiger partial charge in [0.2, 0.25) is 0 Å². The number of anilines is 1. The molecule has 12 heteroatoms. The van der Waals surface area contributed by atoms with Gasteiger partial charge in [-0.05, 0) is 36.8 Å². The molecule has 3 heterocycles. The number of methoxy groups -OCH3 is 1. The Bertz CT molecular complexity index is 1530. The fourth-order valence-corrected chi connectivity index (χ4v) is 6.05. The van der Waals surface area contributed by atoms with Gasteiger partial charge in [-0.25, -0.2) is 14.3 Å². The van der Waals surface area contributed by atoms with Crippen LogP contribution in [0.3, 0.4) is 0 Å². The van der Waals surface area contributed by atoms with Gasteiger partial charge >= 0.3 is 12.1 Å². The Morgan fingerprint density at radius 3 is 2.65 bits per heavy atom. The maximum absolute atomic E-state index is 14.0. The summed E-state index contributed by atoms with van der Waals surface area (Å²) in [4.78, 5) is 31.0. The number of nitrogens with one attached hydrogen (secondary N) is 1. The second kappa shape index (κ2) is 9.46. The SMILES string of the molecule is COC(=O)c1c(NC(=O)c2nn3c(C(F)(F)F)cc(-c4ccccc4)nc3c2Cl)sc2c1CC[C@@H](C)C2. The van der Waals surface area contributed by atoms with Crippen LogP contribution in [0.15, 0.2) is 36.4 Å². The molecule has 4 aromatic rings. The molecule has 1 aliphatic carbocycles. The van der Waals surface area contributed by atoms with Crippen molar-refractivity contribution >= 4 is 45.5 Å². The van der Waals surface area contributed by atoms with E-state index in [2.05, 4.69) is 22.3 Å².